The molecule has 0 saturated heterocycles. The van der Waals surface area contributed by atoms with Gasteiger partial charge >= 0.3 is 0 Å². The Hall–Kier alpha value is -2.20. The third-order valence-electron chi connectivity index (χ3n) is 7.00. The van der Waals surface area contributed by atoms with E-state index in [4.69, 9.17) is 5.26 Å². The second kappa shape index (κ2) is 8.74. The molecule has 160 valence electrons. The highest BCUT2D eigenvalue weighted by Gasteiger charge is 2.39. The van der Waals surface area contributed by atoms with Crippen molar-refractivity contribution in [3.8, 4) is 6.07 Å². The Morgan fingerprint density at radius 1 is 1.13 bits per heavy atom. The Balaban J connectivity index is 1.27. The molecule has 2 aliphatic rings. The highest BCUT2D eigenvalue weighted by atomic mass is 32.1. The number of thiophene rings is 2. The number of hydrogen-bond acceptors (Lipinski definition) is 5. The zero-order chi connectivity index (χ0) is 21.3. The van der Waals surface area contributed by atoms with Crippen molar-refractivity contribution in [3.05, 3.63) is 52.4 Å². The van der Waals surface area contributed by atoms with Crippen molar-refractivity contribution in [1.29, 1.82) is 5.26 Å². The molecule has 1 saturated carbocycles. The smallest absolute Gasteiger partial charge is 0.231 e. The molecule has 0 spiro atoms. The fraction of sp³-hybridized carbons (Fsp3) is 0.440. The number of anilines is 1. The molecule has 0 bridgehead atoms. The van der Waals surface area contributed by atoms with Gasteiger partial charge in [-0.3, -0.25) is 9.69 Å². The molecule has 6 heteroatoms. The van der Waals surface area contributed by atoms with Crippen molar-refractivity contribution in [2.75, 3.05) is 18.4 Å². The van der Waals surface area contributed by atoms with E-state index >= 15 is 0 Å². The highest BCUT2D eigenvalue weighted by molar-refractivity contribution is 7.29. The maximum absolute atomic E-state index is 13.5. The molecule has 3 aromatic rings. The molecule has 3 heterocycles. The Kier molecular flexibility index (Phi) is 5.83. The van der Waals surface area contributed by atoms with Gasteiger partial charge in [0.25, 0.3) is 0 Å². The first-order valence-electron chi connectivity index (χ1n) is 11.2. The summed E-state index contributed by atoms with van der Waals surface area (Å²) in [6.45, 7) is 2.87. The van der Waals surface area contributed by atoms with Gasteiger partial charge in [-0.15, -0.1) is 22.7 Å². The quantitative estimate of drug-likeness (QED) is 0.507. The van der Waals surface area contributed by atoms with Gasteiger partial charge in [-0.1, -0.05) is 25.3 Å². The van der Waals surface area contributed by atoms with Crippen LogP contribution in [0.5, 0.6) is 0 Å². The molecule has 2 aromatic heterocycles. The predicted octanol–water partition coefficient (Wildman–Crippen LogP) is 6.17. The lowest BCUT2D eigenvalue weighted by Gasteiger charge is -2.38. The average Bonchev–Trinajstić information content (AvgIpc) is 3.39. The molecule has 4 nitrogen and oxygen atoms in total. The summed E-state index contributed by atoms with van der Waals surface area (Å²) in [5.41, 5.74) is 3.13. The SMILES string of the molecule is N#Cc1ccc2c(c1)CCN(CCC1(C(=O)Nc3cc4sccc4s3)CCCCC1)C2. The second-order valence-electron chi connectivity index (χ2n) is 8.93. The van der Waals surface area contributed by atoms with Gasteiger partial charge in [0.2, 0.25) is 5.91 Å². The first kappa shape index (κ1) is 20.7. The Morgan fingerprint density at radius 3 is 2.81 bits per heavy atom. The largest absolute Gasteiger partial charge is 0.317 e. The number of carbonyl (C=O) groups excluding carboxylic acids is 1. The van der Waals surface area contributed by atoms with Crippen LogP contribution in [-0.4, -0.2) is 23.9 Å². The van der Waals surface area contributed by atoms with Crippen LogP contribution in [-0.2, 0) is 17.8 Å². The second-order valence-corrected chi connectivity index (χ2v) is 11.0. The zero-order valence-electron chi connectivity index (χ0n) is 17.7. The third kappa shape index (κ3) is 4.27. The molecule has 0 unspecified atom stereocenters. The fourth-order valence-electron chi connectivity index (χ4n) is 5.13. The van der Waals surface area contributed by atoms with Crippen LogP contribution in [0.15, 0.2) is 35.7 Å². The molecule has 5 rings (SSSR count). The summed E-state index contributed by atoms with van der Waals surface area (Å²) in [7, 11) is 0. The van der Waals surface area contributed by atoms with Crippen LogP contribution < -0.4 is 5.32 Å². The van der Waals surface area contributed by atoms with Crippen LogP contribution in [0.3, 0.4) is 0 Å². The van der Waals surface area contributed by atoms with E-state index in [9.17, 15) is 4.79 Å². The molecule has 31 heavy (non-hydrogen) atoms. The molecule has 1 N–H and O–H groups in total. The van der Waals surface area contributed by atoms with Gasteiger partial charge in [-0.05, 0) is 73.0 Å². The number of rotatable bonds is 5. The number of amides is 1. The monoisotopic (exact) mass is 449 g/mol. The summed E-state index contributed by atoms with van der Waals surface area (Å²) in [5, 5.41) is 15.5. The zero-order valence-corrected chi connectivity index (χ0v) is 19.3. The summed E-state index contributed by atoms with van der Waals surface area (Å²) < 4.78 is 2.51. The minimum atomic E-state index is -0.249. The van der Waals surface area contributed by atoms with E-state index in [-0.39, 0.29) is 11.3 Å². The van der Waals surface area contributed by atoms with Crippen molar-refractivity contribution in [1.82, 2.24) is 4.90 Å². The number of benzene rings is 1. The van der Waals surface area contributed by atoms with Gasteiger partial charge in [0.05, 0.1) is 22.0 Å². The minimum Gasteiger partial charge on any atom is -0.317 e. The maximum atomic E-state index is 13.5. The summed E-state index contributed by atoms with van der Waals surface area (Å²) >= 11 is 3.41. The average molecular weight is 450 g/mol. The standard InChI is InChI=1S/C25H27N3OS2/c26-16-18-4-5-20-17-28(11-6-19(20)14-18)12-10-25(8-2-1-3-9-25)24(29)27-23-15-22-21(31-23)7-13-30-22/h4-5,7,13-15H,1-3,6,8-12,17H2,(H,27,29). The fourth-order valence-corrected chi connectivity index (χ4v) is 7.14. The van der Waals surface area contributed by atoms with Crippen LogP contribution in [0.2, 0.25) is 0 Å². The lowest BCUT2D eigenvalue weighted by molar-refractivity contribution is -0.128. The van der Waals surface area contributed by atoms with Crippen molar-refractivity contribution in [2.45, 2.75) is 51.5 Å². The summed E-state index contributed by atoms with van der Waals surface area (Å²) in [5.74, 6) is 0.220. The van der Waals surface area contributed by atoms with Crippen LogP contribution in [0, 0.1) is 16.7 Å². The van der Waals surface area contributed by atoms with E-state index in [1.165, 1.54) is 26.9 Å². The van der Waals surface area contributed by atoms with Gasteiger partial charge in [-0.2, -0.15) is 5.26 Å². The molecule has 0 radical (unpaired) electrons. The van der Waals surface area contributed by atoms with Crippen LogP contribution in [0.4, 0.5) is 5.00 Å². The molecule has 1 aliphatic heterocycles. The van der Waals surface area contributed by atoms with E-state index in [2.05, 4.69) is 39.9 Å². The van der Waals surface area contributed by atoms with Crippen molar-refractivity contribution in [3.63, 3.8) is 0 Å². The van der Waals surface area contributed by atoms with Gasteiger partial charge < -0.3 is 5.32 Å². The first-order chi connectivity index (χ1) is 15.1. The van der Waals surface area contributed by atoms with Gasteiger partial charge in [-0.25, -0.2) is 0 Å². The third-order valence-corrected chi connectivity index (χ3v) is 9.01. The summed E-state index contributed by atoms with van der Waals surface area (Å²) in [6, 6.07) is 12.6. The minimum absolute atomic E-state index is 0.220. The van der Waals surface area contributed by atoms with Crippen molar-refractivity contribution >= 4 is 43.0 Å². The van der Waals surface area contributed by atoms with E-state index in [1.807, 2.05) is 12.1 Å². The van der Waals surface area contributed by atoms with Crippen LogP contribution in [0.25, 0.3) is 9.40 Å². The number of carbonyl (C=O) groups is 1. The topological polar surface area (TPSA) is 56.1 Å². The molecular formula is C25H27N3OS2. The van der Waals surface area contributed by atoms with Crippen LogP contribution in [0.1, 0.15) is 55.2 Å². The number of nitrogens with zero attached hydrogens (tertiary/aromatic N) is 2. The van der Waals surface area contributed by atoms with E-state index in [1.54, 1.807) is 22.7 Å². The predicted molar refractivity (Wildman–Crippen MR) is 129 cm³/mol. The van der Waals surface area contributed by atoms with Gasteiger partial charge in [0.1, 0.15) is 0 Å². The number of nitrogens with one attached hydrogen (secondary N) is 1. The Labute approximate surface area is 191 Å². The molecule has 1 amide bonds. The van der Waals surface area contributed by atoms with Gasteiger partial charge in [0, 0.05) is 22.5 Å². The maximum Gasteiger partial charge on any atom is 0.231 e. The van der Waals surface area contributed by atoms with E-state index in [0.717, 1.165) is 68.7 Å². The Bertz CT molecular complexity index is 1100. The molecule has 0 atom stereocenters. The first-order valence-corrected chi connectivity index (χ1v) is 12.9. The van der Waals surface area contributed by atoms with E-state index in [0.29, 0.717) is 0 Å². The number of nitriles is 1. The summed E-state index contributed by atoms with van der Waals surface area (Å²) in [6.07, 6.45) is 7.42. The van der Waals surface area contributed by atoms with Crippen LogP contribution >= 0.6 is 22.7 Å². The lowest BCUT2D eigenvalue weighted by Crippen LogP contribution is -2.42. The van der Waals surface area contributed by atoms with Gasteiger partial charge in [0.15, 0.2) is 0 Å². The molecular weight excluding hydrogens is 422 g/mol. The number of hydrogen-bond donors (Lipinski definition) is 1. The highest BCUT2D eigenvalue weighted by Crippen LogP contribution is 2.42. The van der Waals surface area contributed by atoms with E-state index < -0.39 is 0 Å². The van der Waals surface area contributed by atoms with Crippen molar-refractivity contribution in [2.24, 2.45) is 5.41 Å². The molecule has 1 aromatic carbocycles. The normalized spacial score (nSPS) is 18.4. The lowest BCUT2D eigenvalue weighted by atomic mass is 9.71. The number of fused-ring (bicyclic) bond motifs is 2. The molecule has 1 fully saturated rings. The molecule has 1 aliphatic carbocycles. The Morgan fingerprint density at radius 2 is 2.00 bits per heavy atom. The summed E-state index contributed by atoms with van der Waals surface area (Å²) in [4.78, 5) is 16.0. The van der Waals surface area contributed by atoms with Crippen molar-refractivity contribution < 1.29 is 4.79 Å².